The van der Waals surface area contributed by atoms with E-state index < -0.39 is 0 Å². The number of hydrogen-bond donors (Lipinski definition) is 2. The van der Waals surface area contributed by atoms with Gasteiger partial charge in [0.05, 0.1) is 11.5 Å². The fraction of sp³-hybridized carbons (Fsp3) is 0.500. The van der Waals surface area contributed by atoms with Crippen LogP contribution in [-0.2, 0) is 5.41 Å². The number of pyridine rings is 1. The Hall–Kier alpha value is -2.81. The number of hydrogen-bond acceptors (Lipinski definition) is 5. The van der Waals surface area contributed by atoms with Gasteiger partial charge in [0, 0.05) is 23.5 Å². The summed E-state index contributed by atoms with van der Waals surface area (Å²) in [6.45, 7) is 0. The highest BCUT2D eigenvalue weighted by molar-refractivity contribution is 5.56. The Bertz CT molecular complexity index is 980. The van der Waals surface area contributed by atoms with E-state index in [-0.39, 0.29) is 17.2 Å². The Labute approximate surface area is 163 Å². The normalized spacial score (nSPS) is 35.4. The molecule has 142 valence electrons. The van der Waals surface area contributed by atoms with Gasteiger partial charge in [-0.2, -0.15) is 5.26 Å². The number of aromatic amines is 1. The van der Waals surface area contributed by atoms with Crippen molar-refractivity contribution in [3.63, 3.8) is 0 Å². The molecule has 7 rings (SSSR count). The molecule has 4 saturated carbocycles. The van der Waals surface area contributed by atoms with Crippen LogP contribution in [0.5, 0.6) is 5.88 Å². The molecule has 4 aliphatic carbocycles. The summed E-state index contributed by atoms with van der Waals surface area (Å²) >= 11 is 0. The highest BCUT2D eigenvalue weighted by Crippen LogP contribution is 2.62. The summed E-state index contributed by atoms with van der Waals surface area (Å²) < 4.78 is 5.80. The lowest BCUT2D eigenvalue weighted by atomic mass is 9.48. The zero-order valence-corrected chi connectivity index (χ0v) is 15.7. The Morgan fingerprint density at radius 1 is 1.18 bits per heavy atom. The van der Waals surface area contributed by atoms with Crippen molar-refractivity contribution in [2.24, 2.45) is 23.5 Å². The molecule has 0 unspecified atom stereocenters. The standard InChI is InChI=1S/C22H23N5O/c23-10-16-17(15-2-1-3-25-11-15)18-19(26-27-21(18)28-20(16)24)22-7-12-4-13(8-22)6-14(5-12)9-22/h1-3,11-14,17H,4-9,24H2,(H,26,27)/t12?,13?,14?,17-,22?/m0/s1. The smallest absolute Gasteiger partial charge is 0.244 e. The molecule has 0 spiro atoms. The van der Waals surface area contributed by atoms with Crippen LogP contribution in [0.4, 0.5) is 0 Å². The third-order valence-electron chi connectivity index (χ3n) is 7.53. The molecular weight excluding hydrogens is 350 g/mol. The lowest BCUT2D eigenvalue weighted by molar-refractivity contribution is -0.00768. The number of fused-ring (bicyclic) bond motifs is 1. The van der Waals surface area contributed by atoms with Gasteiger partial charge in [-0.05, 0) is 67.9 Å². The first kappa shape index (κ1) is 16.2. The Morgan fingerprint density at radius 2 is 1.89 bits per heavy atom. The van der Waals surface area contributed by atoms with Crippen LogP contribution in [0.2, 0.25) is 0 Å². The summed E-state index contributed by atoms with van der Waals surface area (Å²) in [5.74, 6) is 2.86. The number of H-pyrrole nitrogens is 1. The second kappa shape index (κ2) is 5.60. The quantitative estimate of drug-likeness (QED) is 0.839. The first-order chi connectivity index (χ1) is 13.7. The van der Waals surface area contributed by atoms with Crippen LogP contribution in [0, 0.1) is 29.1 Å². The number of ether oxygens (including phenoxy) is 1. The van der Waals surface area contributed by atoms with Gasteiger partial charge in [0.1, 0.15) is 11.6 Å². The minimum atomic E-state index is -0.274. The van der Waals surface area contributed by atoms with E-state index in [4.69, 9.17) is 10.5 Å². The van der Waals surface area contributed by atoms with E-state index in [1.54, 1.807) is 6.20 Å². The van der Waals surface area contributed by atoms with Crippen LogP contribution >= 0.6 is 0 Å². The van der Waals surface area contributed by atoms with E-state index in [1.165, 1.54) is 44.2 Å². The van der Waals surface area contributed by atoms with Crippen molar-refractivity contribution in [2.75, 3.05) is 0 Å². The molecule has 0 aromatic carbocycles. The van der Waals surface area contributed by atoms with E-state index in [9.17, 15) is 5.26 Å². The third kappa shape index (κ3) is 2.13. The maximum absolute atomic E-state index is 9.86. The second-order valence-corrected chi connectivity index (χ2v) is 9.23. The highest BCUT2D eigenvalue weighted by atomic mass is 16.5. The average Bonchev–Trinajstić information content (AvgIpc) is 3.10. The number of nitriles is 1. The molecule has 6 nitrogen and oxygen atoms in total. The zero-order chi connectivity index (χ0) is 18.9. The zero-order valence-electron chi connectivity index (χ0n) is 15.7. The van der Waals surface area contributed by atoms with E-state index in [0.29, 0.717) is 11.5 Å². The van der Waals surface area contributed by atoms with Crippen LogP contribution in [0.25, 0.3) is 0 Å². The molecule has 2 aromatic heterocycles. The Kier molecular flexibility index (Phi) is 3.24. The van der Waals surface area contributed by atoms with Gasteiger partial charge < -0.3 is 10.5 Å². The molecule has 3 N–H and O–H groups in total. The number of nitrogens with one attached hydrogen (secondary N) is 1. The molecule has 1 aliphatic heterocycles. The summed E-state index contributed by atoms with van der Waals surface area (Å²) in [4.78, 5) is 4.29. The topological polar surface area (TPSA) is 101 Å². The van der Waals surface area contributed by atoms with Crippen molar-refractivity contribution in [1.82, 2.24) is 15.2 Å². The van der Waals surface area contributed by atoms with E-state index in [0.717, 1.165) is 28.9 Å². The number of aromatic nitrogens is 3. The maximum Gasteiger partial charge on any atom is 0.244 e. The molecule has 3 heterocycles. The molecule has 1 atom stereocenters. The molecule has 28 heavy (non-hydrogen) atoms. The maximum atomic E-state index is 9.86. The van der Waals surface area contributed by atoms with Crippen molar-refractivity contribution in [3.05, 3.63) is 52.8 Å². The van der Waals surface area contributed by atoms with E-state index in [1.807, 2.05) is 18.3 Å². The van der Waals surface area contributed by atoms with Crippen molar-refractivity contribution < 1.29 is 4.74 Å². The Morgan fingerprint density at radius 3 is 2.50 bits per heavy atom. The minimum absolute atomic E-state index is 0.131. The van der Waals surface area contributed by atoms with E-state index in [2.05, 4.69) is 21.3 Å². The highest BCUT2D eigenvalue weighted by Gasteiger charge is 2.54. The average molecular weight is 373 g/mol. The van der Waals surface area contributed by atoms with Crippen molar-refractivity contribution in [1.29, 1.82) is 5.26 Å². The molecule has 0 radical (unpaired) electrons. The number of rotatable bonds is 2. The lowest BCUT2D eigenvalue weighted by Gasteiger charge is -2.56. The fourth-order valence-electron chi connectivity index (χ4n) is 6.95. The van der Waals surface area contributed by atoms with Crippen LogP contribution in [-0.4, -0.2) is 15.2 Å². The first-order valence-corrected chi connectivity index (χ1v) is 10.2. The van der Waals surface area contributed by atoms with Gasteiger partial charge in [-0.3, -0.25) is 10.1 Å². The van der Waals surface area contributed by atoms with Crippen LogP contribution in [0.1, 0.15) is 61.3 Å². The lowest BCUT2D eigenvalue weighted by Crippen LogP contribution is -2.49. The summed E-state index contributed by atoms with van der Waals surface area (Å²) in [5.41, 5.74) is 9.83. The van der Waals surface area contributed by atoms with E-state index >= 15 is 0 Å². The second-order valence-electron chi connectivity index (χ2n) is 9.23. The number of allylic oxidation sites excluding steroid dienone is 1. The van der Waals surface area contributed by atoms with Gasteiger partial charge in [-0.25, -0.2) is 0 Å². The molecule has 5 aliphatic rings. The SMILES string of the molecule is N#CC1=C(N)Oc2n[nH]c(C34CC5CC(CC(C5)C3)C4)c2[C@H]1c1cccnc1. The van der Waals surface area contributed by atoms with Gasteiger partial charge in [-0.15, -0.1) is 5.10 Å². The van der Waals surface area contributed by atoms with Crippen molar-refractivity contribution >= 4 is 0 Å². The largest absolute Gasteiger partial charge is 0.420 e. The van der Waals surface area contributed by atoms with Gasteiger partial charge in [0.15, 0.2) is 0 Å². The van der Waals surface area contributed by atoms with Crippen molar-refractivity contribution in [3.8, 4) is 11.9 Å². The van der Waals surface area contributed by atoms with Crippen LogP contribution < -0.4 is 10.5 Å². The molecular formula is C22H23N5O. The minimum Gasteiger partial charge on any atom is -0.420 e. The predicted molar refractivity (Wildman–Crippen MR) is 102 cm³/mol. The summed E-state index contributed by atoms with van der Waals surface area (Å²) in [6, 6.07) is 6.20. The first-order valence-electron chi connectivity index (χ1n) is 10.2. The van der Waals surface area contributed by atoms with Crippen LogP contribution in [0.15, 0.2) is 36.0 Å². The molecule has 4 bridgehead atoms. The van der Waals surface area contributed by atoms with Gasteiger partial charge in [0.2, 0.25) is 11.8 Å². The predicted octanol–water partition coefficient (Wildman–Crippen LogP) is 3.49. The fourth-order valence-corrected chi connectivity index (χ4v) is 6.95. The molecule has 6 heteroatoms. The molecule has 0 amide bonds. The summed E-state index contributed by atoms with van der Waals surface area (Å²) in [5, 5.41) is 17.7. The van der Waals surface area contributed by atoms with Crippen molar-refractivity contribution in [2.45, 2.75) is 49.9 Å². The van der Waals surface area contributed by atoms with Gasteiger partial charge in [-0.1, -0.05) is 6.07 Å². The monoisotopic (exact) mass is 373 g/mol. The Balaban J connectivity index is 1.53. The molecule has 0 saturated heterocycles. The third-order valence-corrected chi connectivity index (χ3v) is 7.53. The van der Waals surface area contributed by atoms with Crippen LogP contribution in [0.3, 0.4) is 0 Å². The summed E-state index contributed by atoms with van der Waals surface area (Å²) in [7, 11) is 0. The van der Waals surface area contributed by atoms with Gasteiger partial charge >= 0.3 is 0 Å². The molecule has 4 fully saturated rings. The number of nitrogens with zero attached hydrogens (tertiary/aromatic N) is 3. The number of nitrogens with two attached hydrogens (primary N) is 1. The summed E-state index contributed by atoms with van der Waals surface area (Å²) in [6.07, 6.45) is 11.4. The molecule has 2 aromatic rings. The van der Waals surface area contributed by atoms with Gasteiger partial charge in [0.25, 0.3) is 0 Å².